The predicted octanol–water partition coefficient (Wildman–Crippen LogP) is 1.62. The fraction of sp³-hybridized carbons (Fsp3) is 0.667. The first-order valence-electron chi connectivity index (χ1n) is 8.95. The van der Waals surface area contributed by atoms with E-state index in [0.717, 1.165) is 18.8 Å². The Hall–Kier alpha value is -1.82. The topological polar surface area (TPSA) is 65.8 Å². The molecule has 0 aliphatic carbocycles. The summed E-state index contributed by atoms with van der Waals surface area (Å²) in [6.45, 7) is 5.85. The molecule has 1 N–H and O–H groups in total. The van der Waals surface area contributed by atoms with Gasteiger partial charge >= 0.3 is 0 Å². The Morgan fingerprint density at radius 1 is 1.42 bits per heavy atom. The third-order valence-electron chi connectivity index (χ3n) is 5.15. The van der Waals surface area contributed by atoms with Gasteiger partial charge in [-0.15, -0.1) is 0 Å². The van der Waals surface area contributed by atoms with Crippen LogP contribution in [0.3, 0.4) is 0 Å². The lowest BCUT2D eigenvalue weighted by atomic mass is 10.0. The number of furan rings is 1. The minimum Gasteiger partial charge on any atom is -0.467 e. The third-order valence-corrected chi connectivity index (χ3v) is 5.15. The highest BCUT2D eigenvalue weighted by atomic mass is 16.3. The van der Waals surface area contributed by atoms with Gasteiger partial charge in [0.25, 0.3) is 0 Å². The second-order valence-corrected chi connectivity index (χ2v) is 6.93. The van der Waals surface area contributed by atoms with Crippen LogP contribution < -0.4 is 5.32 Å². The number of hydrogen-bond acceptors (Lipinski definition) is 4. The van der Waals surface area contributed by atoms with Gasteiger partial charge in [-0.05, 0) is 38.4 Å². The number of hydrogen-bond donors (Lipinski definition) is 1. The summed E-state index contributed by atoms with van der Waals surface area (Å²) in [5, 5.41) is 3.01. The fourth-order valence-corrected chi connectivity index (χ4v) is 3.65. The Morgan fingerprint density at radius 3 is 3.04 bits per heavy atom. The van der Waals surface area contributed by atoms with Crippen LogP contribution >= 0.6 is 0 Å². The van der Waals surface area contributed by atoms with E-state index < -0.39 is 0 Å². The lowest BCUT2D eigenvalue weighted by Gasteiger charge is -2.33. The molecule has 0 aromatic carbocycles. The van der Waals surface area contributed by atoms with E-state index in [2.05, 4.69) is 17.1 Å². The number of amides is 2. The van der Waals surface area contributed by atoms with Gasteiger partial charge in [-0.3, -0.25) is 14.5 Å². The molecule has 132 valence electrons. The van der Waals surface area contributed by atoms with Crippen LogP contribution in [0.15, 0.2) is 22.8 Å². The highest BCUT2D eigenvalue weighted by molar-refractivity contribution is 5.89. The summed E-state index contributed by atoms with van der Waals surface area (Å²) in [7, 11) is 0. The van der Waals surface area contributed by atoms with Crippen LogP contribution in [0, 0.1) is 5.92 Å². The number of nitrogens with one attached hydrogen (secondary N) is 1. The highest BCUT2D eigenvalue weighted by Crippen LogP contribution is 2.20. The lowest BCUT2D eigenvalue weighted by molar-refractivity contribution is -0.129. The van der Waals surface area contributed by atoms with E-state index >= 15 is 0 Å². The zero-order valence-electron chi connectivity index (χ0n) is 14.4. The molecule has 2 atom stereocenters. The van der Waals surface area contributed by atoms with Crippen molar-refractivity contribution in [2.24, 2.45) is 5.92 Å². The van der Waals surface area contributed by atoms with E-state index in [1.54, 1.807) is 11.2 Å². The molecule has 24 heavy (non-hydrogen) atoms. The van der Waals surface area contributed by atoms with Crippen LogP contribution in [-0.2, 0) is 16.1 Å². The monoisotopic (exact) mass is 333 g/mol. The molecule has 0 spiro atoms. The summed E-state index contributed by atoms with van der Waals surface area (Å²) in [6.07, 6.45) is 5.69. The fourth-order valence-electron chi connectivity index (χ4n) is 3.65. The first-order valence-corrected chi connectivity index (χ1v) is 8.95. The zero-order chi connectivity index (χ0) is 16.9. The molecule has 0 radical (unpaired) electrons. The van der Waals surface area contributed by atoms with E-state index in [1.807, 2.05) is 12.1 Å². The van der Waals surface area contributed by atoms with Gasteiger partial charge in [0.05, 0.1) is 18.7 Å². The molecule has 2 aliphatic rings. The molecule has 3 heterocycles. The second kappa shape index (κ2) is 7.83. The average Bonchev–Trinajstić information content (AvgIpc) is 3.20. The minimum absolute atomic E-state index is 0.00467. The summed E-state index contributed by atoms with van der Waals surface area (Å²) in [5.41, 5.74) is 0. The largest absolute Gasteiger partial charge is 0.467 e. The molecule has 6 nitrogen and oxygen atoms in total. The number of carbonyl (C=O) groups excluding carboxylic acids is 2. The van der Waals surface area contributed by atoms with Gasteiger partial charge in [0.1, 0.15) is 5.76 Å². The maximum absolute atomic E-state index is 12.3. The van der Waals surface area contributed by atoms with Gasteiger partial charge in [-0.2, -0.15) is 0 Å². The number of rotatable bonds is 6. The van der Waals surface area contributed by atoms with Crippen molar-refractivity contribution in [2.45, 2.75) is 45.2 Å². The predicted molar refractivity (Wildman–Crippen MR) is 90.1 cm³/mol. The molecule has 2 amide bonds. The maximum atomic E-state index is 12.3. The summed E-state index contributed by atoms with van der Waals surface area (Å²) >= 11 is 0. The van der Waals surface area contributed by atoms with Crippen molar-refractivity contribution >= 4 is 11.8 Å². The molecule has 0 bridgehead atoms. The first-order chi connectivity index (χ1) is 11.6. The number of piperidine rings is 1. The van der Waals surface area contributed by atoms with Crippen LogP contribution in [0.4, 0.5) is 0 Å². The smallest absolute Gasteiger partial charge is 0.225 e. The minimum atomic E-state index is -0.244. The van der Waals surface area contributed by atoms with Crippen LogP contribution in [0.2, 0.25) is 0 Å². The van der Waals surface area contributed by atoms with Crippen LogP contribution in [-0.4, -0.2) is 53.8 Å². The Morgan fingerprint density at radius 2 is 2.29 bits per heavy atom. The first kappa shape index (κ1) is 17.0. The summed E-state index contributed by atoms with van der Waals surface area (Å²) in [6, 6.07) is 4.26. The van der Waals surface area contributed by atoms with Gasteiger partial charge in [0.2, 0.25) is 11.8 Å². The van der Waals surface area contributed by atoms with Crippen LogP contribution in [0.5, 0.6) is 0 Å². The van der Waals surface area contributed by atoms with E-state index in [9.17, 15) is 9.59 Å². The molecule has 1 aromatic heterocycles. The van der Waals surface area contributed by atoms with Crippen LogP contribution in [0.1, 0.15) is 38.4 Å². The van der Waals surface area contributed by atoms with Gasteiger partial charge < -0.3 is 14.6 Å². The number of likely N-dealkylation sites (tertiary alicyclic amines) is 2. The van der Waals surface area contributed by atoms with Gasteiger partial charge in [0, 0.05) is 32.1 Å². The standard InChI is InChI=1S/C18H27N3O3/c1-14-5-2-3-8-20(14)9-7-19-18(23)15-11-17(22)21(12-15)13-16-6-4-10-24-16/h4,6,10,14-15H,2-3,5,7-9,11-13H2,1H3,(H,19,23)/t14-,15-/m1/s1. The van der Waals surface area contributed by atoms with Crippen molar-refractivity contribution < 1.29 is 14.0 Å². The Balaban J connectivity index is 1.41. The van der Waals surface area contributed by atoms with Gasteiger partial charge in [0.15, 0.2) is 0 Å². The third kappa shape index (κ3) is 4.17. The Bertz CT molecular complexity index is 558. The zero-order valence-corrected chi connectivity index (χ0v) is 14.4. The van der Waals surface area contributed by atoms with E-state index in [0.29, 0.717) is 32.1 Å². The number of nitrogens with zero attached hydrogens (tertiary/aromatic N) is 2. The maximum Gasteiger partial charge on any atom is 0.225 e. The molecular formula is C18H27N3O3. The lowest BCUT2D eigenvalue weighted by Crippen LogP contribution is -2.43. The highest BCUT2D eigenvalue weighted by Gasteiger charge is 2.34. The van der Waals surface area contributed by atoms with Gasteiger partial charge in [-0.25, -0.2) is 0 Å². The molecule has 3 rings (SSSR count). The molecule has 1 aromatic rings. The van der Waals surface area contributed by atoms with Crippen molar-refractivity contribution in [3.05, 3.63) is 24.2 Å². The average molecular weight is 333 g/mol. The molecule has 2 fully saturated rings. The molecular weight excluding hydrogens is 306 g/mol. The molecule has 6 heteroatoms. The van der Waals surface area contributed by atoms with Crippen molar-refractivity contribution in [1.82, 2.24) is 15.1 Å². The van der Waals surface area contributed by atoms with Crippen molar-refractivity contribution in [1.29, 1.82) is 0 Å². The Kier molecular flexibility index (Phi) is 5.56. The van der Waals surface area contributed by atoms with Gasteiger partial charge in [-0.1, -0.05) is 6.42 Å². The summed E-state index contributed by atoms with van der Waals surface area (Å²) in [5.74, 6) is 0.529. The molecule has 2 saturated heterocycles. The Labute approximate surface area is 143 Å². The summed E-state index contributed by atoms with van der Waals surface area (Å²) in [4.78, 5) is 28.5. The SMILES string of the molecule is C[C@@H]1CCCCN1CCNC(=O)[C@@H]1CC(=O)N(Cc2ccco2)C1. The quantitative estimate of drug-likeness (QED) is 0.859. The van der Waals surface area contributed by atoms with Crippen molar-refractivity contribution in [3.8, 4) is 0 Å². The number of carbonyl (C=O) groups is 2. The van der Waals surface area contributed by atoms with E-state index in [4.69, 9.17) is 4.42 Å². The summed E-state index contributed by atoms with van der Waals surface area (Å²) < 4.78 is 5.28. The van der Waals surface area contributed by atoms with E-state index in [-0.39, 0.29) is 17.7 Å². The van der Waals surface area contributed by atoms with Crippen molar-refractivity contribution in [2.75, 3.05) is 26.2 Å². The second-order valence-electron chi connectivity index (χ2n) is 6.93. The van der Waals surface area contributed by atoms with Crippen LogP contribution in [0.25, 0.3) is 0 Å². The molecule has 0 unspecified atom stereocenters. The molecule has 0 saturated carbocycles. The molecule has 2 aliphatic heterocycles. The van der Waals surface area contributed by atoms with E-state index in [1.165, 1.54) is 19.3 Å². The normalized spacial score (nSPS) is 25.2. The van der Waals surface area contributed by atoms with Crippen molar-refractivity contribution in [3.63, 3.8) is 0 Å².